The van der Waals surface area contributed by atoms with Crippen molar-refractivity contribution in [3.8, 4) is 0 Å². The van der Waals surface area contributed by atoms with Crippen molar-refractivity contribution in [2.75, 3.05) is 21.3 Å². The highest BCUT2D eigenvalue weighted by atomic mass is 16.7. The van der Waals surface area contributed by atoms with E-state index < -0.39 is 89.7 Å². The van der Waals surface area contributed by atoms with Gasteiger partial charge in [-0.25, -0.2) is 0 Å². The summed E-state index contributed by atoms with van der Waals surface area (Å²) in [5, 5.41) is 22.8. The molecule has 2 bridgehead atoms. The lowest BCUT2D eigenvalue weighted by atomic mass is 9.79. The molecule has 4 aliphatic rings. The Morgan fingerprint density at radius 1 is 0.981 bits per heavy atom. The van der Waals surface area contributed by atoms with Crippen molar-refractivity contribution < 1.29 is 57.7 Å². The summed E-state index contributed by atoms with van der Waals surface area (Å²) in [6.07, 6.45) is -5.84. The largest absolute Gasteiger partial charge is 0.488 e. The fourth-order valence-electron chi connectivity index (χ4n) is 9.05. The normalized spacial score (nSPS) is 46.1. The number of carbonyl (C=O) groups excluding carboxylic acids is 2. The van der Waals surface area contributed by atoms with Crippen molar-refractivity contribution >= 4 is 11.8 Å². The number of likely N-dealkylation sites (N-methyl/N-ethyl adjacent to an activating group) is 1. The van der Waals surface area contributed by atoms with E-state index in [4.69, 9.17) is 37.9 Å². The standard InChI is InChI=1S/C40H69NO12/c1-16-28-40(12,47-15)33(43)23(6)31-21(4)18-39(11,53-31)35(52-37-30(42)27(17-22(5)48-37)41(13)20(2)3)24(7)32(25(8)36(45)50-28)51-29-19-38(10,46-14)34(44)26(9)49-29/h20,22-30,32,34-35,37,42,44H,16-19H2,1-15H3/t22-,23+,24+,25-,26+,27+,28-,29?,30-,32+,34+,35-,37?,38-,39?,40-/m1/s1. The summed E-state index contributed by atoms with van der Waals surface area (Å²) in [4.78, 5) is 30.8. The Morgan fingerprint density at radius 2 is 1.62 bits per heavy atom. The van der Waals surface area contributed by atoms with Gasteiger partial charge in [-0.05, 0) is 94.7 Å². The van der Waals surface area contributed by atoms with Crippen LogP contribution >= 0.6 is 0 Å². The van der Waals surface area contributed by atoms with Gasteiger partial charge >= 0.3 is 5.97 Å². The second-order valence-electron chi connectivity index (χ2n) is 17.1. The van der Waals surface area contributed by atoms with Gasteiger partial charge in [0.25, 0.3) is 0 Å². The van der Waals surface area contributed by atoms with E-state index in [1.165, 1.54) is 14.2 Å². The maximum absolute atomic E-state index is 14.4. The molecule has 13 nitrogen and oxygen atoms in total. The van der Waals surface area contributed by atoms with Gasteiger partial charge < -0.3 is 48.1 Å². The minimum absolute atomic E-state index is 0.164. The molecular weight excluding hydrogens is 686 g/mol. The van der Waals surface area contributed by atoms with Crippen molar-refractivity contribution in [1.29, 1.82) is 0 Å². The number of methoxy groups -OCH3 is 2. The molecular formula is C40H69NO12. The van der Waals surface area contributed by atoms with Crippen LogP contribution in [0.3, 0.4) is 0 Å². The Morgan fingerprint density at radius 3 is 2.19 bits per heavy atom. The third-order valence-electron chi connectivity index (χ3n) is 12.8. The average molecular weight is 756 g/mol. The molecule has 2 N–H and O–H groups in total. The summed E-state index contributed by atoms with van der Waals surface area (Å²) in [5.74, 6) is -2.59. The first-order chi connectivity index (χ1) is 24.6. The van der Waals surface area contributed by atoms with Crippen molar-refractivity contribution in [2.45, 2.75) is 193 Å². The summed E-state index contributed by atoms with van der Waals surface area (Å²) in [6.45, 7) is 22.5. The van der Waals surface area contributed by atoms with Gasteiger partial charge in [-0.3, -0.25) is 14.5 Å². The molecule has 0 amide bonds. The Kier molecular flexibility index (Phi) is 14.0. The number of fused-ring (bicyclic) bond motifs is 2. The number of ketones is 1. The van der Waals surface area contributed by atoms with Crippen LogP contribution in [0.2, 0.25) is 0 Å². The van der Waals surface area contributed by atoms with Gasteiger partial charge in [-0.2, -0.15) is 0 Å². The van der Waals surface area contributed by atoms with Crippen LogP contribution < -0.4 is 0 Å². The minimum Gasteiger partial charge on any atom is -0.488 e. The van der Waals surface area contributed by atoms with E-state index in [-0.39, 0.29) is 30.4 Å². The van der Waals surface area contributed by atoms with E-state index in [1.54, 1.807) is 34.6 Å². The molecule has 306 valence electrons. The number of carbonyl (C=O) groups is 2. The maximum Gasteiger partial charge on any atom is 0.311 e. The van der Waals surface area contributed by atoms with E-state index in [0.717, 1.165) is 5.57 Å². The van der Waals surface area contributed by atoms with Crippen LogP contribution in [-0.2, 0) is 47.5 Å². The van der Waals surface area contributed by atoms with Gasteiger partial charge in [-0.1, -0.05) is 13.8 Å². The number of allylic oxidation sites excluding steroid dienone is 1. The lowest BCUT2D eigenvalue weighted by molar-refractivity contribution is -0.317. The van der Waals surface area contributed by atoms with Gasteiger partial charge in [0.1, 0.15) is 35.8 Å². The summed E-state index contributed by atoms with van der Waals surface area (Å²) in [5.41, 5.74) is -2.66. The molecule has 13 heteroatoms. The van der Waals surface area contributed by atoms with Gasteiger partial charge in [0, 0.05) is 45.1 Å². The number of hydrogen-bond acceptors (Lipinski definition) is 13. The van der Waals surface area contributed by atoms with Crippen LogP contribution in [-0.4, -0.2) is 132 Å². The highest BCUT2D eigenvalue weighted by Gasteiger charge is 2.56. The van der Waals surface area contributed by atoms with Crippen LogP contribution in [0.1, 0.15) is 109 Å². The summed E-state index contributed by atoms with van der Waals surface area (Å²) in [6, 6.07) is -0.0782. The molecule has 3 fully saturated rings. The van der Waals surface area contributed by atoms with Crippen molar-refractivity contribution in [1.82, 2.24) is 4.90 Å². The van der Waals surface area contributed by atoms with E-state index in [0.29, 0.717) is 25.0 Å². The van der Waals surface area contributed by atoms with E-state index in [9.17, 15) is 19.8 Å². The average Bonchev–Trinajstić information content (AvgIpc) is 3.43. The first kappa shape index (κ1) is 44.0. The third-order valence-corrected chi connectivity index (χ3v) is 12.8. The lowest BCUT2D eigenvalue weighted by Crippen LogP contribution is -2.61. The summed E-state index contributed by atoms with van der Waals surface area (Å²) < 4.78 is 51.1. The molecule has 0 radical (unpaired) electrons. The molecule has 16 atom stereocenters. The van der Waals surface area contributed by atoms with E-state index >= 15 is 0 Å². The molecule has 0 aromatic heterocycles. The molecule has 4 rings (SSSR count). The molecule has 4 aliphatic heterocycles. The maximum atomic E-state index is 14.4. The second kappa shape index (κ2) is 16.8. The number of nitrogens with zero attached hydrogens (tertiary/aromatic N) is 1. The quantitative estimate of drug-likeness (QED) is 0.318. The molecule has 0 aromatic rings. The van der Waals surface area contributed by atoms with E-state index in [2.05, 4.69) is 18.7 Å². The summed E-state index contributed by atoms with van der Waals surface area (Å²) >= 11 is 0. The van der Waals surface area contributed by atoms with Crippen LogP contribution in [0.25, 0.3) is 0 Å². The van der Waals surface area contributed by atoms with Gasteiger partial charge in [-0.15, -0.1) is 0 Å². The zero-order chi connectivity index (χ0) is 40.0. The Hall–Kier alpha value is -1.68. The van der Waals surface area contributed by atoms with Crippen LogP contribution in [0, 0.1) is 17.8 Å². The monoisotopic (exact) mass is 755 g/mol. The van der Waals surface area contributed by atoms with Crippen LogP contribution in [0.4, 0.5) is 0 Å². The Labute approximate surface area is 317 Å². The highest BCUT2D eigenvalue weighted by molar-refractivity contribution is 5.92. The van der Waals surface area contributed by atoms with Crippen LogP contribution in [0.15, 0.2) is 11.3 Å². The first-order valence-corrected chi connectivity index (χ1v) is 19.5. The number of cyclic esters (lactones) is 1. The van der Waals surface area contributed by atoms with Crippen molar-refractivity contribution in [3.05, 3.63) is 11.3 Å². The molecule has 3 saturated heterocycles. The molecule has 53 heavy (non-hydrogen) atoms. The molecule has 0 spiro atoms. The molecule has 3 unspecified atom stereocenters. The molecule has 4 heterocycles. The third kappa shape index (κ3) is 8.54. The van der Waals surface area contributed by atoms with Gasteiger partial charge in [0.2, 0.25) is 0 Å². The zero-order valence-electron chi connectivity index (χ0n) is 34.8. The molecule has 0 aliphatic carbocycles. The lowest BCUT2D eigenvalue weighted by Gasteiger charge is -2.49. The number of hydrogen-bond donors (Lipinski definition) is 2. The highest BCUT2D eigenvalue weighted by Crippen LogP contribution is 2.47. The number of Topliss-reactive ketones (excluding diaryl/α,β-unsaturated/α-hetero) is 1. The predicted octanol–water partition coefficient (Wildman–Crippen LogP) is 4.53. The Balaban J connectivity index is 1.86. The van der Waals surface area contributed by atoms with Crippen molar-refractivity contribution in [3.63, 3.8) is 0 Å². The minimum atomic E-state index is -1.48. The first-order valence-electron chi connectivity index (χ1n) is 19.5. The fraction of sp³-hybridized carbons (Fsp3) is 0.900. The molecule has 0 saturated carbocycles. The summed E-state index contributed by atoms with van der Waals surface area (Å²) in [7, 11) is 4.97. The second-order valence-corrected chi connectivity index (χ2v) is 17.1. The number of aliphatic hydroxyl groups is 2. The van der Waals surface area contributed by atoms with Gasteiger partial charge in [0.05, 0.1) is 35.7 Å². The smallest absolute Gasteiger partial charge is 0.311 e. The number of aliphatic hydroxyl groups excluding tert-OH is 2. The fourth-order valence-corrected chi connectivity index (χ4v) is 9.05. The molecule has 0 aromatic carbocycles. The predicted molar refractivity (Wildman–Crippen MR) is 197 cm³/mol. The topological polar surface area (TPSA) is 152 Å². The van der Waals surface area contributed by atoms with E-state index in [1.807, 2.05) is 41.7 Å². The number of ether oxygens (including phenoxy) is 8. The number of rotatable bonds is 9. The number of esters is 1. The Bertz CT molecular complexity index is 1330. The SMILES string of the molecule is CC[C@H]1OC(=O)[C@H](C)[C@@H](OC2C[C@@](C)(OC)[C@@H](O)[C@H](C)O2)[C@H](C)[C@@H](OC2O[C@H](C)C[C@H](N(C)C(C)C)[C@H]2O)C2(C)CC(C)=C(O2)[C@H](C)C(=O)[C@]1(C)OC. The zero-order valence-corrected chi connectivity index (χ0v) is 34.8. The van der Waals surface area contributed by atoms with Crippen LogP contribution in [0.5, 0.6) is 0 Å². The van der Waals surface area contributed by atoms with Crippen molar-refractivity contribution in [2.24, 2.45) is 17.8 Å². The van der Waals surface area contributed by atoms with Gasteiger partial charge in [0.15, 0.2) is 24.0 Å².